The number of hydrogen-bond acceptors (Lipinski definition) is 3. The Labute approximate surface area is 95.4 Å². The van der Waals surface area contributed by atoms with Crippen LogP contribution in [0, 0.1) is 0 Å². The maximum atomic E-state index is 11.1. The highest BCUT2D eigenvalue weighted by molar-refractivity contribution is 7.80. The zero-order valence-corrected chi connectivity index (χ0v) is 9.54. The van der Waals surface area contributed by atoms with Crippen molar-refractivity contribution in [3.63, 3.8) is 0 Å². The van der Waals surface area contributed by atoms with Crippen LogP contribution in [0.3, 0.4) is 0 Å². The van der Waals surface area contributed by atoms with Crippen LogP contribution in [0.5, 0.6) is 0 Å². The van der Waals surface area contributed by atoms with Gasteiger partial charge in [-0.1, -0.05) is 24.3 Å². The second-order valence-corrected chi connectivity index (χ2v) is 3.48. The van der Waals surface area contributed by atoms with E-state index in [1.807, 2.05) is 18.2 Å². The lowest BCUT2D eigenvalue weighted by Crippen LogP contribution is -2.00. The van der Waals surface area contributed by atoms with E-state index in [0.29, 0.717) is 5.56 Å². The number of carbonyl (C=O) groups excluding carboxylic acids is 1. The third kappa shape index (κ3) is 3.80. The first-order valence-corrected chi connectivity index (χ1v) is 5.37. The summed E-state index contributed by atoms with van der Waals surface area (Å²) in [6.07, 6.45) is 5.01. The smallest absolute Gasteiger partial charge is 0.337 e. The van der Waals surface area contributed by atoms with Crippen molar-refractivity contribution in [1.82, 2.24) is 0 Å². The van der Waals surface area contributed by atoms with Crippen molar-refractivity contribution in [2.45, 2.75) is 6.42 Å². The van der Waals surface area contributed by atoms with Crippen LogP contribution >= 0.6 is 12.6 Å². The van der Waals surface area contributed by atoms with Gasteiger partial charge in [-0.3, -0.25) is 0 Å². The molecule has 0 heterocycles. The molecule has 1 aromatic rings. The summed E-state index contributed by atoms with van der Waals surface area (Å²) in [7, 11) is 1.38. The lowest BCUT2D eigenvalue weighted by atomic mass is 10.1. The number of benzene rings is 1. The van der Waals surface area contributed by atoms with E-state index >= 15 is 0 Å². The summed E-state index contributed by atoms with van der Waals surface area (Å²) in [6.45, 7) is 0. The van der Waals surface area contributed by atoms with E-state index in [1.54, 1.807) is 12.1 Å². The Kier molecular flexibility index (Phi) is 4.98. The molecule has 0 unspecified atom stereocenters. The SMILES string of the molecule is COC(=O)c1ccc(C=CCCS)cc1. The summed E-state index contributed by atoms with van der Waals surface area (Å²) in [5, 5.41) is 0. The number of methoxy groups -OCH3 is 1. The molecule has 0 atom stereocenters. The van der Waals surface area contributed by atoms with E-state index in [0.717, 1.165) is 17.7 Å². The van der Waals surface area contributed by atoms with Gasteiger partial charge in [-0.25, -0.2) is 4.79 Å². The minimum Gasteiger partial charge on any atom is -0.465 e. The molecule has 3 heteroatoms. The van der Waals surface area contributed by atoms with Crippen molar-refractivity contribution in [1.29, 1.82) is 0 Å². The van der Waals surface area contributed by atoms with Gasteiger partial charge < -0.3 is 4.74 Å². The summed E-state index contributed by atoms with van der Waals surface area (Å²) < 4.78 is 4.61. The average Bonchev–Trinajstić information content (AvgIpc) is 2.29. The van der Waals surface area contributed by atoms with Gasteiger partial charge in [0.2, 0.25) is 0 Å². The fraction of sp³-hybridized carbons (Fsp3) is 0.250. The quantitative estimate of drug-likeness (QED) is 0.626. The summed E-state index contributed by atoms with van der Waals surface area (Å²) in [4.78, 5) is 11.1. The van der Waals surface area contributed by atoms with Crippen LogP contribution in [0.15, 0.2) is 30.3 Å². The molecule has 0 aliphatic heterocycles. The second-order valence-electron chi connectivity index (χ2n) is 3.03. The van der Waals surface area contributed by atoms with E-state index in [4.69, 9.17) is 0 Å². The predicted molar refractivity (Wildman–Crippen MR) is 65.3 cm³/mol. The molecule has 0 N–H and O–H groups in total. The van der Waals surface area contributed by atoms with Gasteiger partial charge >= 0.3 is 5.97 Å². The molecule has 0 saturated heterocycles. The van der Waals surface area contributed by atoms with E-state index in [9.17, 15) is 4.79 Å². The Hall–Kier alpha value is -1.22. The zero-order chi connectivity index (χ0) is 11.1. The maximum absolute atomic E-state index is 11.1. The van der Waals surface area contributed by atoms with Crippen LogP contribution in [0.4, 0.5) is 0 Å². The Morgan fingerprint density at radius 1 is 1.40 bits per heavy atom. The summed E-state index contributed by atoms with van der Waals surface area (Å²) in [6, 6.07) is 7.29. The molecule has 0 amide bonds. The Bertz CT molecular complexity index is 341. The van der Waals surface area contributed by atoms with Gasteiger partial charge in [-0.15, -0.1) is 0 Å². The highest BCUT2D eigenvalue weighted by Gasteiger charge is 2.02. The first-order chi connectivity index (χ1) is 7.27. The summed E-state index contributed by atoms with van der Waals surface area (Å²) in [5.41, 5.74) is 1.65. The Balaban J connectivity index is 2.68. The number of thiol groups is 1. The van der Waals surface area contributed by atoms with Crippen molar-refractivity contribution in [3.8, 4) is 0 Å². The molecule has 0 radical (unpaired) electrons. The van der Waals surface area contributed by atoms with E-state index in [1.165, 1.54) is 7.11 Å². The molecule has 0 spiro atoms. The first-order valence-electron chi connectivity index (χ1n) is 4.73. The number of rotatable bonds is 4. The van der Waals surface area contributed by atoms with Crippen molar-refractivity contribution in [3.05, 3.63) is 41.5 Å². The molecule has 0 saturated carbocycles. The standard InChI is InChI=1S/C12H14O2S/c1-14-12(13)11-7-5-10(6-8-11)4-2-3-9-15/h2,4-8,15H,3,9H2,1H3. The first kappa shape index (κ1) is 11.9. The molecule has 80 valence electrons. The molecule has 0 aliphatic carbocycles. The summed E-state index contributed by atoms with van der Waals surface area (Å²) in [5.74, 6) is 0.539. The fourth-order valence-corrected chi connectivity index (χ4v) is 1.29. The molecule has 0 aromatic heterocycles. The molecule has 1 rings (SSSR count). The number of hydrogen-bond donors (Lipinski definition) is 1. The third-order valence-corrected chi connectivity index (χ3v) is 2.20. The van der Waals surface area contributed by atoms with E-state index in [2.05, 4.69) is 23.4 Å². The highest BCUT2D eigenvalue weighted by atomic mass is 32.1. The highest BCUT2D eigenvalue weighted by Crippen LogP contribution is 2.07. The maximum Gasteiger partial charge on any atom is 0.337 e. The van der Waals surface area contributed by atoms with Crippen molar-refractivity contribution < 1.29 is 9.53 Å². The van der Waals surface area contributed by atoms with Gasteiger partial charge in [0.05, 0.1) is 12.7 Å². The van der Waals surface area contributed by atoms with Crippen LogP contribution in [0.2, 0.25) is 0 Å². The molecular formula is C12H14O2S. The zero-order valence-electron chi connectivity index (χ0n) is 8.64. The van der Waals surface area contributed by atoms with Gasteiger partial charge in [0.15, 0.2) is 0 Å². The minimum atomic E-state index is -0.305. The van der Waals surface area contributed by atoms with Crippen molar-refractivity contribution >= 4 is 24.7 Å². The normalized spacial score (nSPS) is 10.5. The average molecular weight is 222 g/mol. The second kappa shape index (κ2) is 6.30. The molecule has 2 nitrogen and oxygen atoms in total. The third-order valence-electron chi connectivity index (χ3n) is 1.94. The molecule has 0 fully saturated rings. The van der Waals surface area contributed by atoms with Crippen molar-refractivity contribution in [2.24, 2.45) is 0 Å². The van der Waals surface area contributed by atoms with E-state index < -0.39 is 0 Å². The largest absolute Gasteiger partial charge is 0.465 e. The minimum absolute atomic E-state index is 0.305. The number of esters is 1. The van der Waals surface area contributed by atoms with Gasteiger partial charge in [0, 0.05) is 0 Å². The van der Waals surface area contributed by atoms with Gasteiger partial charge in [0.25, 0.3) is 0 Å². The Morgan fingerprint density at radius 2 is 2.07 bits per heavy atom. The molecule has 1 aromatic carbocycles. The van der Waals surface area contributed by atoms with Crippen LogP contribution in [0.1, 0.15) is 22.3 Å². The number of allylic oxidation sites excluding steroid dienone is 1. The topological polar surface area (TPSA) is 26.3 Å². The van der Waals surface area contributed by atoms with Crippen LogP contribution < -0.4 is 0 Å². The monoisotopic (exact) mass is 222 g/mol. The van der Waals surface area contributed by atoms with Gasteiger partial charge in [-0.2, -0.15) is 12.6 Å². The molecular weight excluding hydrogens is 208 g/mol. The summed E-state index contributed by atoms with van der Waals surface area (Å²) >= 11 is 4.11. The lowest BCUT2D eigenvalue weighted by molar-refractivity contribution is 0.0601. The fourth-order valence-electron chi connectivity index (χ4n) is 1.14. The van der Waals surface area contributed by atoms with Gasteiger partial charge in [0.1, 0.15) is 0 Å². The number of carbonyl (C=O) groups is 1. The number of ether oxygens (including phenoxy) is 1. The molecule has 0 aliphatic rings. The van der Waals surface area contributed by atoms with Crippen molar-refractivity contribution in [2.75, 3.05) is 12.9 Å². The van der Waals surface area contributed by atoms with E-state index in [-0.39, 0.29) is 5.97 Å². The Morgan fingerprint density at radius 3 is 2.60 bits per heavy atom. The molecule has 0 bridgehead atoms. The predicted octanol–water partition coefficient (Wildman–Crippen LogP) is 2.81. The molecule has 15 heavy (non-hydrogen) atoms. The van der Waals surface area contributed by atoms with Crippen LogP contribution in [-0.2, 0) is 4.74 Å². The van der Waals surface area contributed by atoms with Gasteiger partial charge in [-0.05, 0) is 29.9 Å². The lowest BCUT2D eigenvalue weighted by Gasteiger charge is -1.99. The van der Waals surface area contributed by atoms with Crippen LogP contribution in [0.25, 0.3) is 6.08 Å². The van der Waals surface area contributed by atoms with Crippen LogP contribution in [-0.4, -0.2) is 18.8 Å².